The summed E-state index contributed by atoms with van der Waals surface area (Å²) < 4.78 is 1.80. The van der Waals surface area contributed by atoms with Crippen LogP contribution in [0.2, 0.25) is 0 Å². The molecule has 0 amide bonds. The number of fused-ring (bicyclic) bond motifs is 1. The van der Waals surface area contributed by atoms with Gasteiger partial charge in [-0.2, -0.15) is 4.98 Å². The zero-order chi connectivity index (χ0) is 20.2. The number of phenolic OH excluding ortho intramolecular Hbond substituents is 1. The number of aromatic hydroxyl groups is 1. The number of rotatable bonds is 2. The lowest BCUT2D eigenvalue weighted by molar-refractivity contribution is -0.118. The van der Waals surface area contributed by atoms with Crippen molar-refractivity contribution in [2.45, 2.75) is 32.7 Å². The first kappa shape index (κ1) is 17.7. The Hall–Kier alpha value is -3.41. The summed E-state index contributed by atoms with van der Waals surface area (Å²) in [5.41, 5.74) is 3.34. The molecule has 3 aromatic rings. The molecule has 0 saturated carbocycles. The maximum atomic E-state index is 13.2. The monoisotopic (exact) mass is 386 g/mol. The van der Waals surface area contributed by atoms with Crippen molar-refractivity contribution in [3.05, 3.63) is 71.4 Å². The summed E-state index contributed by atoms with van der Waals surface area (Å²) in [6, 6.07) is 16.5. The van der Waals surface area contributed by atoms with E-state index in [0.29, 0.717) is 18.2 Å². The summed E-state index contributed by atoms with van der Waals surface area (Å²) in [6.45, 7) is 4.23. The summed E-state index contributed by atoms with van der Waals surface area (Å²) >= 11 is 0. The van der Waals surface area contributed by atoms with E-state index in [1.165, 1.54) is 0 Å². The number of hydrogen-bond donors (Lipinski definition) is 2. The standard InChI is InChI=1S/C23H22N4O2/c1-23(2)12-17-19(18(29)13-23)20(14-7-4-3-5-8-14)27-22(24-17)25-21(26-27)15-9-6-10-16(28)11-15/h3-11,20,28H,12-13H2,1-2H3,(H,24,25,26). The molecule has 2 aliphatic rings. The number of anilines is 1. The van der Waals surface area contributed by atoms with Gasteiger partial charge in [0.05, 0.1) is 0 Å². The average molecular weight is 386 g/mol. The molecule has 0 saturated heterocycles. The van der Waals surface area contributed by atoms with E-state index in [1.54, 1.807) is 22.9 Å². The second kappa shape index (κ2) is 6.30. The van der Waals surface area contributed by atoms with Crippen molar-refractivity contribution < 1.29 is 9.90 Å². The first-order valence-electron chi connectivity index (χ1n) is 9.75. The Morgan fingerprint density at radius 3 is 2.66 bits per heavy atom. The number of nitrogens with zero attached hydrogens (tertiary/aromatic N) is 3. The molecule has 0 bridgehead atoms. The molecule has 1 unspecified atom stereocenters. The number of carbonyl (C=O) groups is 1. The van der Waals surface area contributed by atoms with Gasteiger partial charge < -0.3 is 10.4 Å². The molecule has 0 spiro atoms. The molecular weight excluding hydrogens is 364 g/mol. The van der Waals surface area contributed by atoms with Crippen LogP contribution in [0.5, 0.6) is 5.75 Å². The van der Waals surface area contributed by atoms with Crippen molar-refractivity contribution in [3.63, 3.8) is 0 Å². The number of benzene rings is 2. The average Bonchev–Trinajstić information content (AvgIpc) is 3.10. The molecular formula is C23H22N4O2. The number of allylic oxidation sites excluding steroid dienone is 2. The number of aromatic nitrogens is 3. The summed E-state index contributed by atoms with van der Waals surface area (Å²) in [5, 5.41) is 17.9. The van der Waals surface area contributed by atoms with E-state index in [-0.39, 0.29) is 23.0 Å². The highest BCUT2D eigenvalue weighted by Crippen LogP contribution is 2.45. The van der Waals surface area contributed by atoms with Gasteiger partial charge in [0.1, 0.15) is 11.8 Å². The number of Topliss-reactive ketones (excluding diaryl/α,β-unsaturated/α-hetero) is 1. The second-order valence-electron chi connectivity index (χ2n) is 8.53. The lowest BCUT2D eigenvalue weighted by Gasteiger charge is -2.38. The fourth-order valence-corrected chi connectivity index (χ4v) is 4.32. The minimum atomic E-state index is -0.315. The number of phenols is 1. The topological polar surface area (TPSA) is 80.0 Å². The third-order valence-electron chi connectivity index (χ3n) is 5.55. The number of hydrogen-bond acceptors (Lipinski definition) is 5. The highest BCUT2D eigenvalue weighted by Gasteiger charge is 2.41. The van der Waals surface area contributed by atoms with E-state index in [2.05, 4.69) is 24.1 Å². The summed E-state index contributed by atoms with van der Waals surface area (Å²) in [5.74, 6) is 1.44. The Balaban J connectivity index is 1.68. The molecule has 0 radical (unpaired) electrons. The Labute approximate surface area is 168 Å². The third kappa shape index (κ3) is 3.01. The van der Waals surface area contributed by atoms with Gasteiger partial charge in [0.15, 0.2) is 11.6 Å². The predicted molar refractivity (Wildman–Crippen MR) is 110 cm³/mol. The van der Waals surface area contributed by atoms with Crippen LogP contribution in [0.15, 0.2) is 65.9 Å². The Morgan fingerprint density at radius 1 is 1.10 bits per heavy atom. The Kier molecular flexibility index (Phi) is 3.84. The maximum absolute atomic E-state index is 13.2. The summed E-state index contributed by atoms with van der Waals surface area (Å²) in [4.78, 5) is 17.9. The molecule has 29 heavy (non-hydrogen) atoms. The van der Waals surface area contributed by atoms with Crippen LogP contribution < -0.4 is 5.32 Å². The van der Waals surface area contributed by atoms with Crippen molar-refractivity contribution in [2.75, 3.05) is 5.32 Å². The molecule has 2 aromatic carbocycles. The lowest BCUT2D eigenvalue weighted by Crippen LogP contribution is -2.36. The molecule has 2 heterocycles. The first-order chi connectivity index (χ1) is 13.9. The molecule has 5 rings (SSSR count). The van der Waals surface area contributed by atoms with E-state index >= 15 is 0 Å². The Bertz CT molecular complexity index is 1140. The van der Waals surface area contributed by atoms with Crippen LogP contribution in [0.4, 0.5) is 5.95 Å². The fourth-order valence-electron chi connectivity index (χ4n) is 4.32. The molecule has 1 atom stereocenters. The van der Waals surface area contributed by atoms with Crippen molar-refractivity contribution in [1.82, 2.24) is 14.8 Å². The van der Waals surface area contributed by atoms with Crippen molar-refractivity contribution in [2.24, 2.45) is 5.41 Å². The van der Waals surface area contributed by atoms with E-state index in [1.807, 2.05) is 36.4 Å². The van der Waals surface area contributed by atoms with Crippen LogP contribution in [0.1, 0.15) is 38.3 Å². The van der Waals surface area contributed by atoms with Gasteiger partial charge in [-0.05, 0) is 29.5 Å². The fraction of sp³-hybridized carbons (Fsp3) is 0.261. The van der Waals surface area contributed by atoms with E-state index in [9.17, 15) is 9.90 Å². The smallest absolute Gasteiger partial charge is 0.226 e. The predicted octanol–water partition coefficient (Wildman–Crippen LogP) is 4.31. The van der Waals surface area contributed by atoms with Gasteiger partial charge in [-0.1, -0.05) is 56.3 Å². The molecule has 6 heteroatoms. The number of carbonyl (C=O) groups excluding carboxylic acids is 1. The minimum Gasteiger partial charge on any atom is -0.508 e. The van der Waals surface area contributed by atoms with Gasteiger partial charge in [-0.25, -0.2) is 4.68 Å². The van der Waals surface area contributed by atoms with E-state index < -0.39 is 0 Å². The molecule has 1 aliphatic carbocycles. The SMILES string of the molecule is CC1(C)CC(=O)C2=C(C1)Nc1nc(-c3cccc(O)c3)nn1C2c1ccccc1. The van der Waals surface area contributed by atoms with Gasteiger partial charge in [-0.15, -0.1) is 5.10 Å². The van der Waals surface area contributed by atoms with E-state index in [4.69, 9.17) is 5.10 Å². The Morgan fingerprint density at radius 2 is 1.90 bits per heavy atom. The highest BCUT2D eigenvalue weighted by molar-refractivity contribution is 6.00. The number of ketones is 1. The van der Waals surface area contributed by atoms with Crippen LogP contribution in [0.3, 0.4) is 0 Å². The van der Waals surface area contributed by atoms with E-state index in [0.717, 1.165) is 28.8 Å². The van der Waals surface area contributed by atoms with Gasteiger partial charge in [0.2, 0.25) is 5.95 Å². The zero-order valence-corrected chi connectivity index (χ0v) is 16.4. The quantitative estimate of drug-likeness (QED) is 0.686. The van der Waals surface area contributed by atoms with Gasteiger partial charge in [-0.3, -0.25) is 4.79 Å². The minimum absolute atomic E-state index is 0.0968. The number of nitrogens with one attached hydrogen (secondary N) is 1. The zero-order valence-electron chi connectivity index (χ0n) is 16.4. The summed E-state index contributed by atoms with van der Waals surface area (Å²) in [6.07, 6.45) is 1.30. The second-order valence-corrected chi connectivity index (χ2v) is 8.53. The van der Waals surface area contributed by atoms with Crippen molar-refractivity contribution >= 4 is 11.7 Å². The first-order valence-corrected chi connectivity index (χ1v) is 9.75. The van der Waals surface area contributed by atoms with Crippen LogP contribution in [-0.2, 0) is 4.79 Å². The van der Waals surface area contributed by atoms with Crippen LogP contribution in [0.25, 0.3) is 11.4 Å². The molecule has 0 fully saturated rings. The van der Waals surface area contributed by atoms with Gasteiger partial charge in [0.25, 0.3) is 0 Å². The highest BCUT2D eigenvalue weighted by atomic mass is 16.3. The van der Waals surface area contributed by atoms with Crippen molar-refractivity contribution in [3.8, 4) is 17.1 Å². The molecule has 2 N–H and O–H groups in total. The van der Waals surface area contributed by atoms with Crippen LogP contribution >= 0.6 is 0 Å². The van der Waals surface area contributed by atoms with Crippen molar-refractivity contribution in [1.29, 1.82) is 0 Å². The van der Waals surface area contributed by atoms with Crippen LogP contribution in [-0.4, -0.2) is 25.7 Å². The largest absolute Gasteiger partial charge is 0.508 e. The van der Waals surface area contributed by atoms with Gasteiger partial charge >= 0.3 is 0 Å². The molecule has 6 nitrogen and oxygen atoms in total. The lowest BCUT2D eigenvalue weighted by atomic mass is 9.73. The molecule has 1 aliphatic heterocycles. The summed E-state index contributed by atoms with van der Waals surface area (Å²) in [7, 11) is 0. The molecule has 146 valence electrons. The van der Waals surface area contributed by atoms with Crippen LogP contribution in [0, 0.1) is 5.41 Å². The third-order valence-corrected chi connectivity index (χ3v) is 5.55. The molecule has 1 aromatic heterocycles. The maximum Gasteiger partial charge on any atom is 0.226 e. The normalized spacial score (nSPS) is 20.1. The van der Waals surface area contributed by atoms with Gasteiger partial charge in [0, 0.05) is 23.3 Å².